The van der Waals surface area contributed by atoms with E-state index in [2.05, 4.69) is 9.84 Å². The number of hydrogen-bond donors (Lipinski definition) is 1. The molecule has 1 saturated carbocycles. The number of rotatable bonds is 3. The third-order valence-corrected chi connectivity index (χ3v) is 3.90. The fourth-order valence-electron chi connectivity index (χ4n) is 2.75. The molecule has 1 aliphatic carbocycles. The smallest absolute Gasteiger partial charge is 0.437 e. The molecule has 0 unspecified atom stereocenters. The highest BCUT2D eigenvalue weighted by atomic mass is 19.4. The number of esters is 1. The van der Waals surface area contributed by atoms with E-state index in [0.717, 1.165) is 12.8 Å². The summed E-state index contributed by atoms with van der Waals surface area (Å²) in [7, 11) is 1.35. The van der Waals surface area contributed by atoms with Gasteiger partial charge < -0.3 is 10.5 Å². The van der Waals surface area contributed by atoms with E-state index in [0.29, 0.717) is 19.3 Å². The fraction of sp³-hybridized carbons (Fsp3) is 0.692. The van der Waals surface area contributed by atoms with Gasteiger partial charge >= 0.3 is 12.1 Å². The Kier molecular flexibility index (Phi) is 4.43. The number of ether oxygens (including phenoxy) is 1. The van der Waals surface area contributed by atoms with E-state index in [9.17, 15) is 18.0 Å². The summed E-state index contributed by atoms with van der Waals surface area (Å²) in [6, 6.07) is -0.0997. The van der Waals surface area contributed by atoms with Crippen molar-refractivity contribution in [2.24, 2.45) is 5.92 Å². The zero-order valence-electron chi connectivity index (χ0n) is 11.7. The van der Waals surface area contributed by atoms with Crippen LogP contribution in [0.1, 0.15) is 43.8 Å². The first-order valence-electron chi connectivity index (χ1n) is 6.80. The van der Waals surface area contributed by atoms with Crippen molar-refractivity contribution in [3.63, 3.8) is 0 Å². The standard InChI is InChI=1S/C13H18F3N3O2/c1-21-11(20)6-8-2-4-9(5-3-8)19-7-10(17)12(18-19)13(14,15)16/h7-9H,2-6,17H2,1H3. The zero-order chi connectivity index (χ0) is 15.6. The van der Waals surface area contributed by atoms with Crippen molar-refractivity contribution < 1.29 is 22.7 Å². The van der Waals surface area contributed by atoms with Crippen LogP contribution in [-0.4, -0.2) is 22.9 Å². The molecule has 0 atom stereocenters. The summed E-state index contributed by atoms with van der Waals surface area (Å²) in [6.07, 6.45) is -0.0360. The average molecular weight is 305 g/mol. The minimum atomic E-state index is -4.53. The molecule has 0 aromatic carbocycles. The van der Waals surface area contributed by atoms with Gasteiger partial charge in [0.2, 0.25) is 0 Å². The van der Waals surface area contributed by atoms with Crippen LogP contribution >= 0.6 is 0 Å². The highest BCUT2D eigenvalue weighted by molar-refractivity contribution is 5.69. The van der Waals surface area contributed by atoms with Gasteiger partial charge in [-0.05, 0) is 31.6 Å². The fourth-order valence-corrected chi connectivity index (χ4v) is 2.75. The number of alkyl halides is 3. The largest absolute Gasteiger partial charge is 0.469 e. The Morgan fingerprint density at radius 2 is 2.05 bits per heavy atom. The first-order chi connectivity index (χ1) is 9.81. The van der Waals surface area contributed by atoms with Gasteiger partial charge in [-0.15, -0.1) is 0 Å². The van der Waals surface area contributed by atoms with Crippen LogP contribution in [0.3, 0.4) is 0 Å². The number of halogens is 3. The molecule has 5 nitrogen and oxygen atoms in total. The zero-order valence-corrected chi connectivity index (χ0v) is 11.7. The van der Waals surface area contributed by atoms with Crippen molar-refractivity contribution >= 4 is 11.7 Å². The number of nitrogens with zero attached hydrogens (tertiary/aromatic N) is 2. The van der Waals surface area contributed by atoms with E-state index in [-0.39, 0.29) is 23.6 Å². The summed E-state index contributed by atoms with van der Waals surface area (Å²) in [5, 5.41) is 3.58. The predicted molar refractivity (Wildman–Crippen MR) is 69.3 cm³/mol. The molecule has 1 fully saturated rings. The van der Waals surface area contributed by atoms with Gasteiger partial charge in [-0.2, -0.15) is 18.3 Å². The number of carbonyl (C=O) groups excluding carboxylic acids is 1. The van der Waals surface area contributed by atoms with Crippen LogP contribution in [0.4, 0.5) is 18.9 Å². The highest BCUT2D eigenvalue weighted by Crippen LogP contribution is 2.37. The minimum absolute atomic E-state index is 0.0997. The number of methoxy groups -OCH3 is 1. The van der Waals surface area contributed by atoms with Gasteiger partial charge in [0.15, 0.2) is 5.69 Å². The van der Waals surface area contributed by atoms with Crippen LogP contribution in [0, 0.1) is 5.92 Å². The number of aromatic nitrogens is 2. The molecule has 21 heavy (non-hydrogen) atoms. The molecule has 0 amide bonds. The van der Waals surface area contributed by atoms with Crippen LogP contribution < -0.4 is 5.73 Å². The summed E-state index contributed by atoms with van der Waals surface area (Å²) in [5.74, 6) is -0.0233. The number of hydrogen-bond acceptors (Lipinski definition) is 4. The first kappa shape index (κ1) is 15.7. The summed E-state index contributed by atoms with van der Waals surface area (Å²) in [5.41, 5.74) is 4.00. The molecular formula is C13H18F3N3O2. The molecule has 8 heteroatoms. The molecule has 0 spiro atoms. The number of nitrogen functional groups attached to an aromatic ring is 1. The maximum atomic E-state index is 12.7. The minimum Gasteiger partial charge on any atom is -0.469 e. The highest BCUT2D eigenvalue weighted by Gasteiger charge is 2.37. The van der Waals surface area contributed by atoms with Gasteiger partial charge in [0.1, 0.15) is 0 Å². The Bertz CT molecular complexity index is 505. The van der Waals surface area contributed by atoms with Crippen molar-refractivity contribution in [3.05, 3.63) is 11.9 Å². The lowest BCUT2D eigenvalue weighted by Gasteiger charge is -2.28. The van der Waals surface area contributed by atoms with Crippen molar-refractivity contribution in [2.45, 2.75) is 44.3 Å². The lowest BCUT2D eigenvalue weighted by atomic mass is 9.84. The molecule has 0 radical (unpaired) electrons. The Hall–Kier alpha value is -1.73. The summed E-state index contributed by atoms with van der Waals surface area (Å²) in [6.45, 7) is 0. The van der Waals surface area contributed by atoms with Gasteiger partial charge in [-0.25, -0.2) is 0 Å². The van der Waals surface area contributed by atoms with Gasteiger partial charge in [-0.3, -0.25) is 9.48 Å². The van der Waals surface area contributed by atoms with Gasteiger partial charge in [0.05, 0.1) is 18.8 Å². The topological polar surface area (TPSA) is 70.1 Å². The van der Waals surface area contributed by atoms with E-state index in [1.165, 1.54) is 18.0 Å². The molecule has 118 valence electrons. The SMILES string of the molecule is COC(=O)CC1CCC(n2cc(N)c(C(F)(F)F)n2)CC1. The molecule has 2 rings (SSSR count). The lowest BCUT2D eigenvalue weighted by molar-refractivity contribution is -0.142. The molecule has 2 N–H and O–H groups in total. The third-order valence-electron chi connectivity index (χ3n) is 3.90. The first-order valence-corrected chi connectivity index (χ1v) is 6.80. The predicted octanol–water partition coefficient (Wildman–Crippen LogP) is 2.78. The molecule has 0 aliphatic heterocycles. The van der Waals surface area contributed by atoms with Crippen LogP contribution in [-0.2, 0) is 15.7 Å². The van der Waals surface area contributed by atoms with Crippen molar-refractivity contribution in [3.8, 4) is 0 Å². The maximum Gasteiger partial charge on any atom is 0.437 e. The average Bonchev–Trinajstić information content (AvgIpc) is 2.81. The Morgan fingerprint density at radius 1 is 1.43 bits per heavy atom. The van der Waals surface area contributed by atoms with Crippen molar-refractivity contribution in [1.29, 1.82) is 0 Å². The summed E-state index contributed by atoms with van der Waals surface area (Å²) >= 11 is 0. The van der Waals surface area contributed by atoms with Gasteiger partial charge in [-0.1, -0.05) is 0 Å². The molecule has 0 saturated heterocycles. The maximum absolute atomic E-state index is 12.7. The number of nitrogens with two attached hydrogens (primary N) is 1. The summed E-state index contributed by atoms with van der Waals surface area (Å²) < 4.78 is 43.9. The molecular weight excluding hydrogens is 287 g/mol. The Labute approximate surface area is 120 Å². The molecule has 0 bridgehead atoms. The van der Waals surface area contributed by atoms with E-state index in [1.807, 2.05) is 0 Å². The Balaban J connectivity index is 1.98. The quantitative estimate of drug-likeness (QED) is 0.872. The van der Waals surface area contributed by atoms with Crippen LogP contribution in [0.15, 0.2) is 6.20 Å². The van der Waals surface area contributed by atoms with E-state index in [1.54, 1.807) is 0 Å². The molecule has 1 heterocycles. The molecule has 1 aromatic heterocycles. The van der Waals surface area contributed by atoms with E-state index in [4.69, 9.17) is 5.73 Å². The van der Waals surface area contributed by atoms with Crippen LogP contribution in [0.5, 0.6) is 0 Å². The second-order valence-corrected chi connectivity index (χ2v) is 5.37. The van der Waals surface area contributed by atoms with Crippen molar-refractivity contribution in [2.75, 3.05) is 12.8 Å². The van der Waals surface area contributed by atoms with Crippen LogP contribution in [0.25, 0.3) is 0 Å². The normalized spacial score (nSPS) is 23.0. The monoisotopic (exact) mass is 305 g/mol. The van der Waals surface area contributed by atoms with Crippen LogP contribution in [0.2, 0.25) is 0 Å². The molecule has 1 aliphatic rings. The van der Waals surface area contributed by atoms with Gasteiger partial charge in [0.25, 0.3) is 0 Å². The van der Waals surface area contributed by atoms with Gasteiger partial charge in [0, 0.05) is 12.6 Å². The molecule has 1 aromatic rings. The van der Waals surface area contributed by atoms with E-state index < -0.39 is 11.9 Å². The summed E-state index contributed by atoms with van der Waals surface area (Å²) in [4.78, 5) is 11.2. The number of anilines is 1. The Morgan fingerprint density at radius 3 is 2.52 bits per heavy atom. The lowest BCUT2D eigenvalue weighted by Crippen LogP contribution is -2.21. The third kappa shape index (κ3) is 3.68. The van der Waals surface area contributed by atoms with E-state index >= 15 is 0 Å². The second kappa shape index (κ2) is 5.95. The van der Waals surface area contributed by atoms with Crippen molar-refractivity contribution in [1.82, 2.24) is 9.78 Å². The second-order valence-electron chi connectivity index (χ2n) is 5.37. The number of carbonyl (C=O) groups is 1.